The van der Waals surface area contributed by atoms with E-state index in [0.717, 1.165) is 35.6 Å². The number of anilines is 3. The smallest absolute Gasteiger partial charge is 0.0541 e. The van der Waals surface area contributed by atoms with Crippen LogP contribution in [0.25, 0.3) is 83.1 Å². The Bertz CT molecular complexity index is 3490. The van der Waals surface area contributed by atoms with Gasteiger partial charge in [0, 0.05) is 33.5 Å². The Morgan fingerprint density at radius 1 is 0.328 bits per heavy atom. The molecule has 0 fully saturated rings. The molecule has 0 amide bonds. The summed E-state index contributed by atoms with van der Waals surface area (Å²) < 4.78 is 2.42. The fraction of sp³-hybridized carbons (Fsp3) is 0.0769. The van der Waals surface area contributed by atoms with Gasteiger partial charge in [-0.05, 0) is 160 Å². The zero-order chi connectivity index (χ0) is 45.3. The molecule has 0 radical (unpaired) electrons. The van der Waals surface area contributed by atoms with E-state index in [1.54, 1.807) is 0 Å². The summed E-state index contributed by atoms with van der Waals surface area (Å²) in [6, 6.07) is 87.2. The van der Waals surface area contributed by atoms with E-state index in [-0.39, 0.29) is 0 Å². The number of aryl methyl sites for hydroxylation is 3. The minimum Gasteiger partial charge on any atom is -0.310 e. The van der Waals surface area contributed by atoms with E-state index < -0.39 is 0 Å². The maximum atomic E-state index is 2.42. The Balaban J connectivity index is 0.963. The SMILES string of the molecule is CCCc1ccc(-c2ccc(N(c3ccc(C)cc3)c3cccc(-c4cccc(-c5ccc6c(c5)c5cc(-c7ccccc7)ccc5n6-c5ccc(-c6ccc(C)cc6)cc5)c4)c3)cc2)cc1. The molecule has 11 aromatic rings. The highest BCUT2D eigenvalue weighted by molar-refractivity contribution is 6.11. The van der Waals surface area contributed by atoms with Gasteiger partial charge in [-0.1, -0.05) is 182 Å². The molecule has 0 unspecified atom stereocenters. The van der Waals surface area contributed by atoms with Crippen molar-refractivity contribution in [1.29, 1.82) is 0 Å². The Morgan fingerprint density at radius 3 is 1.30 bits per heavy atom. The van der Waals surface area contributed by atoms with Gasteiger partial charge in [0.25, 0.3) is 0 Å². The van der Waals surface area contributed by atoms with Crippen molar-refractivity contribution < 1.29 is 0 Å². The molecule has 0 saturated heterocycles. The first kappa shape index (κ1) is 41.5. The Hall–Kier alpha value is -8.20. The minimum absolute atomic E-state index is 1.11. The van der Waals surface area contributed by atoms with Crippen LogP contribution in [0.15, 0.2) is 237 Å². The number of rotatable bonds is 11. The van der Waals surface area contributed by atoms with Gasteiger partial charge >= 0.3 is 0 Å². The van der Waals surface area contributed by atoms with Gasteiger partial charge in [0.15, 0.2) is 0 Å². The molecular formula is C65H52N2. The second kappa shape index (κ2) is 18.0. The van der Waals surface area contributed by atoms with Gasteiger partial charge in [-0.15, -0.1) is 0 Å². The lowest BCUT2D eigenvalue weighted by molar-refractivity contribution is 0.922. The normalized spacial score (nSPS) is 11.3. The molecule has 0 aliphatic carbocycles. The lowest BCUT2D eigenvalue weighted by atomic mass is 9.97. The third-order valence-corrected chi connectivity index (χ3v) is 13.3. The fourth-order valence-electron chi connectivity index (χ4n) is 9.64. The van der Waals surface area contributed by atoms with Crippen LogP contribution in [0, 0.1) is 13.8 Å². The van der Waals surface area contributed by atoms with Gasteiger partial charge in [-0.3, -0.25) is 0 Å². The van der Waals surface area contributed by atoms with Gasteiger partial charge in [0.05, 0.1) is 11.0 Å². The summed E-state index contributed by atoms with van der Waals surface area (Å²) in [6.07, 6.45) is 2.26. The third kappa shape index (κ3) is 8.35. The molecule has 11 rings (SSSR count). The summed E-state index contributed by atoms with van der Waals surface area (Å²) in [5.74, 6) is 0. The number of fused-ring (bicyclic) bond motifs is 3. The zero-order valence-corrected chi connectivity index (χ0v) is 38.3. The maximum absolute atomic E-state index is 2.42. The summed E-state index contributed by atoms with van der Waals surface area (Å²) >= 11 is 0. The molecule has 322 valence electrons. The van der Waals surface area contributed by atoms with Crippen molar-refractivity contribution in [2.45, 2.75) is 33.6 Å². The summed E-state index contributed by atoms with van der Waals surface area (Å²) in [7, 11) is 0. The molecule has 67 heavy (non-hydrogen) atoms. The average molecular weight is 861 g/mol. The number of benzene rings is 10. The highest BCUT2D eigenvalue weighted by atomic mass is 15.1. The highest BCUT2D eigenvalue weighted by Gasteiger charge is 2.17. The summed E-state index contributed by atoms with van der Waals surface area (Å²) in [5, 5.41) is 2.47. The van der Waals surface area contributed by atoms with E-state index in [1.165, 1.54) is 94.1 Å². The fourth-order valence-corrected chi connectivity index (χ4v) is 9.64. The van der Waals surface area contributed by atoms with Gasteiger partial charge < -0.3 is 9.47 Å². The molecule has 0 saturated carbocycles. The highest BCUT2D eigenvalue weighted by Crippen LogP contribution is 2.41. The van der Waals surface area contributed by atoms with E-state index in [0.29, 0.717) is 0 Å². The summed E-state index contributed by atoms with van der Waals surface area (Å²) in [5.41, 5.74) is 22.8. The number of aromatic nitrogens is 1. The van der Waals surface area contributed by atoms with Gasteiger partial charge in [0.1, 0.15) is 0 Å². The van der Waals surface area contributed by atoms with Crippen LogP contribution in [0.4, 0.5) is 17.1 Å². The summed E-state index contributed by atoms with van der Waals surface area (Å²) in [4.78, 5) is 2.37. The van der Waals surface area contributed by atoms with Gasteiger partial charge in [0.2, 0.25) is 0 Å². The lowest BCUT2D eigenvalue weighted by Crippen LogP contribution is -2.10. The second-order valence-electron chi connectivity index (χ2n) is 17.9. The van der Waals surface area contributed by atoms with Crippen molar-refractivity contribution in [3.63, 3.8) is 0 Å². The predicted octanol–water partition coefficient (Wildman–Crippen LogP) is 18.2. The zero-order valence-electron chi connectivity index (χ0n) is 38.3. The lowest BCUT2D eigenvalue weighted by Gasteiger charge is -2.26. The molecule has 0 aliphatic rings. The average Bonchev–Trinajstić information content (AvgIpc) is 3.71. The van der Waals surface area contributed by atoms with Crippen LogP contribution in [0.3, 0.4) is 0 Å². The quantitative estimate of drug-likeness (QED) is 0.126. The van der Waals surface area contributed by atoms with Crippen LogP contribution in [0.1, 0.15) is 30.0 Å². The van der Waals surface area contributed by atoms with Crippen LogP contribution in [-0.2, 0) is 6.42 Å². The van der Waals surface area contributed by atoms with E-state index in [9.17, 15) is 0 Å². The van der Waals surface area contributed by atoms with Crippen LogP contribution in [-0.4, -0.2) is 4.57 Å². The molecule has 2 nitrogen and oxygen atoms in total. The third-order valence-electron chi connectivity index (χ3n) is 13.3. The monoisotopic (exact) mass is 860 g/mol. The number of nitrogens with zero attached hydrogens (tertiary/aromatic N) is 2. The molecule has 0 bridgehead atoms. The topological polar surface area (TPSA) is 8.17 Å². The molecule has 0 aliphatic heterocycles. The number of hydrogen-bond acceptors (Lipinski definition) is 1. The van der Waals surface area contributed by atoms with Crippen LogP contribution in [0.2, 0.25) is 0 Å². The van der Waals surface area contributed by atoms with Crippen molar-refractivity contribution in [2.75, 3.05) is 4.90 Å². The first-order valence-corrected chi connectivity index (χ1v) is 23.5. The molecule has 2 heteroatoms. The van der Waals surface area contributed by atoms with E-state index >= 15 is 0 Å². The van der Waals surface area contributed by atoms with Crippen molar-refractivity contribution in [3.05, 3.63) is 253 Å². The van der Waals surface area contributed by atoms with Crippen molar-refractivity contribution in [3.8, 4) is 61.3 Å². The first-order chi connectivity index (χ1) is 33.0. The minimum atomic E-state index is 1.11. The van der Waals surface area contributed by atoms with E-state index in [1.807, 2.05) is 0 Å². The van der Waals surface area contributed by atoms with Crippen LogP contribution < -0.4 is 4.90 Å². The second-order valence-corrected chi connectivity index (χ2v) is 17.9. The van der Waals surface area contributed by atoms with E-state index in [4.69, 9.17) is 0 Å². The van der Waals surface area contributed by atoms with Gasteiger partial charge in [-0.2, -0.15) is 0 Å². The Morgan fingerprint density at radius 2 is 0.731 bits per heavy atom. The summed E-state index contributed by atoms with van der Waals surface area (Å²) in [6.45, 7) is 6.51. The van der Waals surface area contributed by atoms with Crippen molar-refractivity contribution in [2.24, 2.45) is 0 Å². The van der Waals surface area contributed by atoms with Crippen molar-refractivity contribution >= 4 is 38.9 Å². The van der Waals surface area contributed by atoms with Crippen LogP contribution in [0.5, 0.6) is 0 Å². The first-order valence-electron chi connectivity index (χ1n) is 23.5. The molecule has 0 spiro atoms. The van der Waals surface area contributed by atoms with Crippen molar-refractivity contribution in [1.82, 2.24) is 4.57 Å². The van der Waals surface area contributed by atoms with Crippen LogP contribution >= 0.6 is 0 Å². The van der Waals surface area contributed by atoms with E-state index in [2.05, 4.69) is 267 Å². The molecule has 1 aromatic heterocycles. The predicted molar refractivity (Wildman–Crippen MR) is 286 cm³/mol. The molecule has 1 heterocycles. The standard InChI is InChI=1S/C65H52N2/c1-4-10-47-21-25-50(26-22-47)52-27-35-59(36-28-52)66(58-33-19-46(3)20-34-58)61-16-9-15-55(42-61)53-13-8-14-54(41-53)57-32-40-65-63(44-57)62-43-56(48-11-6-5-7-12-48)31-39-64(62)67(65)60-37-29-51(30-38-60)49-23-17-45(2)18-24-49/h5-9,11-44H,4,10H2,1-3H3. The Kier molecular flexibility index (Phi) is 11.1. The largest absolute Gasteiger partial charge is 0.310 e. The molecule has 0 atom stereocenters. The molecular weight excluding hydrogens is 809 g/mol. The molecule has 0 N–H and O–H groups in total. The molecule has 10 aromatic carbocycles. The van der Waals surface area contributed by atoms with Gasteiger partial charge in [-0.25, -0.2) is 0 Å². The Labute approximate surface area is 394 Å². The maximum Gasteiger partial charge on any atom is 0.0541 e. The number of hydrogen-bond donors (Lipinski definition) is 0.